The Hall–Kier alpha value is -2.57. The molecule has 1 aromatic carbocycles. The first kappa shape index (κ1) is 16.5. The van der Waals surface area contributed by atoms with Gasteiger partial charge >= 0.3 is 5.97 Å². The van der Waals surface area contributed by atoms with E-state index in [1.54, 1.807) is 24.3 Å². The maximum absolute atomic E-state index is 11.6. The Morgan fingerprint density at radius 1 is 1.19 bits per heavy atom. The van der Waals surface area contributed by atoms with Crippen LogP contribution in [0.15, 0.2) is 24.3 Å². The summed E-state index contributed by atoms with van der Waals surface area (Å²) in [6.07, 6.45) is 0.381. The Morgan fingerprint density at radius 2 is 1.95 bits per heavy atom. The van der Waals surface area contributed by atoms with E-state index in [2.05, 4.69) is 10.6 Å². The van der Waals surface area contributed by atoms with Gasteiger partial charge in [0, 0.05) is 31.6 Å². The molecule has 0 fully saturated rings. The number of anilines is 1. The van der Waals surface area contributed by atoms with E-state index in [-0.39, 0.29) is 37.7 Å². The summed E-state index contributed by atoms with van der Waals surface area (Å²) in [5, 5.41) is 13.6. The van der Waals surface area contributed by atoms with Crippen molar-refractivity contribution < 1.29 is 24.2 Å². The number of rotatable bonds is 8. The number of hydrogen-bond donors (Lipinski definition) is 3. The van der Waals surface area contributed by atoms with Crippen LogP contribution in [0.2, 0.25) is 0 Å². The summed E-state index contributed by atoms with van der Waals surface area (Å²) in [7, 11) is 1.51. The third-order valence-electron chi connectivity index (χ3n) is 2.56. The average Bonchev–Trinajstić information content (AvgIpc) is 2.44. The molecule has 1 aromatic rings. The SMILES string of the molecule is CNC(=O)COc1cccc(NC(=O)CCCC(=O)O)c1. The first-order valence-electron chi connectivity index (χ1n) is 6.46. The van der Waals surface area contributed by atoms with Gasteiger partial charge in [0.05, 0.1) is 0 Å². The molecule has 0 unspecified atom stereocenters. The Bertz CT molecular complexity index is 516. The molecular weight excluding hydrogens is 276 g/mol. The lowest BCUT2D eigenvalue weighted by Gasteiger charge is -2.08. The molecule has 3 N–H and O–H groups in total. The van der Waals surface area contributed by atoms with Crippen LogP contribution in [0.1, 0.15) is 19.3 Å². The number of ether oxygens (including phenoxy) is 1. The number of benzene rings is 1. The Labute approximate surface area is 122 Å². The van der Waals surface area contributed by atoms with Crippen LogP contribution in [-0.2, 0) is 14.4 Å². The summed E-state index contributed by atoms with van der Waals surface area (Å²) in [6.45, 7) is -0.105. The minimum Gasteiger partial charge on any atom is -0.484 e. The zero-order valence-corrected chi connectivity index (χ0v) is 11.7. The van der Waals surface area contributed by atoms with Gasteiger partial charge in [0.25, 0.3) is 5.91 Å². The minimum absolute atomic E-state index is 0.0390. The van der Waals surface area contributed by atoms with Crippen LogP contribution >= 0.6 is 0 Å². The van der Waals surface area contributed by atoms with Gasteiger partial charge in [-0.1, -0.05) is 6.07 Å². The standard InChI is InChI=1S/C14H18N2O5/c1-15-13(18)9-21-11-5-2-4-10(8-11)16-12(17)6-3-7-14(19)20/h2,4-5,8H,3,6-7,9H2,1H3,(H,15,18)(H,16,17)(H,19,20). The fourth-order valence-corrected chi connectivity index (χ4v) is 1.51. The highest BCUT2D eigenvalue weighted by Crippen LogP contribution is 2.17. The number of carbonyl (C=O) groups excluding carboxylic acids is 2. The fourth-order valence-electron chi connectivity index (χ4n) is 1.51. The Morgan fingerprint density at radius 3 is 2.62 bits per heavy atom. The molecule has 21 heavy (non-hydrogen) atoms. The van der Waals surface area contributed by atoms with E-state index in [0.29, 0.717) is 11.4 Å². The summed E-state index contributed by atoms with van der Waals surface area (Å²) in [5.74, 6) is -0.979. The van der Waals surface area contributed by atoms with Crippen LogP contribution in [0.25, 0.3) is 0 Å². The summed E-state index contributed by atoms with van der Waals surface area (Å²) < 4.78 is 5.25. The largest absolute Gasteiger partial charge is 0.484 e. The number of likely N-dealkylation sites (N-methyl/N-ethyl adjacent to an activating group) is 1. The number of nitrogens with one attached hydrogen (secondary N) is 2. The first-order valence-corrected chi connectivity index (χ1v) is 6.46. The fraction of sp³-hybridized carbons (Fsp3) is 0.357. The van der Waals surface area contributed by atoms with Gasteiger partial charge in [-0.25, -0.2) is 0 Å². The lowest BCUT2D eigenvalue weighted by molar-refractivity contribution is -0.137. The van der Waals surface area contributed by atoms with E-state index in [9.17, 15) is 14.4 Å². The highest BCUT2D eigenvalue weighted by molar-refractivity contribution is 5.91. The molecule has 7 nitrogen and oxygen atoms in total. The number of carboxylic acid groups (broad SMARTS) is 1. The molecule has 0 aliphatic carbocycles. The van der Waals surface area contributed by atoms with Gasteiger partial charge in [-0.3, -0.25) is 14.4 Å². The lowest BCUT2D eigenvalue weighted by atomic mass is 10.2. The van der Waals surface area contributed by atoms with Gasteiger partial charge in [0.1, 0.15) is 5.75 Å². The normalized spacial score (nSPS) is 9.76. The van der Waals surface area contributed by atoms with Gasteiger partial charge in [-0.15, -0.1) is 0 Å². The second kappa shape index (κ2) is 8.57. The third-order valence-corrected chi connectivity index (χ3v) is 2.56. The van der Waals surface area contributed by atoms with Crippen LogP contribution in [0.4, 0.5) is 5.69 Å². The molecule has 0 atom stereocenters. The van der Waals surface area contributed by atoms with Crippen LogP contribution in [-0.4, -0.2) is 36.5 Å². The van der Waals surface area contributed by atoms with Crippen LogP contribution in [0.3, 0.4) is 0 Å². The van der Waals surface area contributed by atoms with Crippen molar-refractivity contribution in [3.05, 3.63) is 24.3 Å². The van der Waals surface area contributed by atoms with Crippen molar-refractivity contribution in [1.29, 1.82) is 0 Å². The topological polar surface area (TPSA) is 105 Å². The Kier molecular flexibility index (Phi) is 6.73. The van der Waals surface area contributed by atoms with E-state index in [1.165, 1.54) is 7.05 Å². The second-order valence-corrected chi connectivity index (χ2v) is 4.29. The molecule has 2 amide bonds. The molecule has 0 saturated heterocycles. The summed E-state index contributed by atoms with van der Waals surface area (Å²) in [5.41, 5.74) is 0.532. The van der Waals surface area contributed by atoms with E-state index < -0.39 is 5.97 Å². The predicted octanol–water partition coefficient (Wildman–Crippen LogP) is 1.00. The van der Waals surface area contributed by atoms with E-state index >= 15 is 0 Å². The van der Waals surface area contributed by atoms with Crippen molar-refractivity contribution in [2.24, 2.45) is 0 Å². The van der Waals surface area contributed by atoms with Crippen molar-refractivity contribution in [1.82, 2.24) is 5.32 Å². The molecule has 0 spiro atoms. The van der Waals surface area contributed by atoms with E-state index in [1.807, 2.05) is 0 Å². The highest BCUT2D eigenvalue weighted by atomic mass is 16.5. The maximum atomic E-state index is 11.6. The number of hydrogen-bond acceptors (Lipinski definition) is 4. The molecule has 1 rings (SSSR count). The quantitative estimate of drug-likeness (QED) is 0.663. The van der Waals surface area contributed by atoms with Gasteiger partial charge < -0.3 is 20.5 Å². The molecule has 0 aliphatic heterocycles. The molecule has 114 valence electrons. The van der Waals surface area contributed by atoms with Crippen molar-refractivity contribution in [3.63, 3.8) is 0 Å². The monoisotopic (exact) mass is 294 g/mol. The van der Waals surface area contributed by atoms with E-state index in [4.69, 9.17) is 9.84 Å². The Balaban J connectivity index is 2.46. The smallest absolute Gasteiger partial charge is 0.303 e. The number of amides is 2. The third kappa shape index (κ3) is 6.95. The zero-order chi connectivity index (χ0) is 15.7. The van der Waals surface area contributed by atoms with Gasteiger partial charge in [0.2, 0.25) is 5.91 Å². The summed E-state index contributed by atoms with van der Waals surface area (Å²) >= 11 is 0. The summed E-state index contributed by atoms with van der Waals surface area (Å²) in [4.78, 5) is 33.0. The zero-order valence-electron chi connectivity index (χ0n) is 11.7. The maximum Gasteiger partial charge on any atom is 0.303 e. The summed E-state index contributed by atoms with van der Waals surface area (Å²) in [6, 6.07) is 6.63. The van der Waals surface area contributed by atoms with Crippen molar-refractivity contribution >= 4 is 23.5 Å². The van der Waals surface area contributed by atoms with Crippen LogP contribution in [0, 0.1) is 0 Å². The highest BCUT2D eigenvalue weighted by Gasteiger charge is 2.06. The van der Waals surface area contributed by atoms with Gasteiger partial charge in [-0.05, 0) is 18.6 Å². The number of carbonyl (C=O) groups is 3. The number of aliphatic carboxylic acids is 1. The molecule has 0 heterocycles. The van der Waals surface area contributed by atoms with Crippen molar-refractivity contribution in [2.75, 3.05) is 19.0 Å². The van der Waals surface area contributed by atoms with Crippen LogP contribution in [0.5, 0.6) is 5.75 Å². The molecule has 0 aliphatic rings. The molecule has 0 aromatic heterocycles. The first-order chi connectivity index (χ1) is 10.0. The minimum atomic E-state index is -0.924. The molecule has 0 saturated carbocycles. The predicted molar refractivity (Wildman–Crippen MR) is 76.1 cm³/mol. The van der Waals surface area contributed by atoms with Gasteiger partial charge in [-0.2, -0.15) is 0 Å². The second-order valence-electron chi connectivity index (χ2n) is 4.29. The lowest BCUT2D eigenvalue weighted by Crippen LogP contribution is -2.24. The molecular formula is C14H18N2O5. The van der Waals surface area contributed by atoms with Crippen LogP contribution < -0.4 is 15.4 Å². The number of carboxylic acids is 1. The van der Waals surface area contributed by atoms with Gasteiger partial charge in [0.15, 0.2) is 6.61 Å². The molecule has 0 bridgehead atoms. The molecule has 0 radical (unpaired) electrons. The average molecular weight is 294 g/mol. The van der Waals surface area contributed by atoms with Crippen molar-refractivity contribution in [2.45, 2.75) is 19.3 Å². The van der Waals surface area contributed by atoms with E-state index in [0.717, 1.165) is 0 Å². The van der Waals surface area contributed by atoms with Crippen molar-refractivity contribution in [3.8, 4) is 5.75 Å². The molecule has 7 heteroatoms.